The Labute approximate surface area is 96.3 Å². The number of anilines is 1. The maximum atomic E-state index is 11.7. The van der Waals surface area contributed by atoms with Crippen molar-refractivity contribution in [3.05, 3.63) is 41.6 Å². The third-order valence-corrected chi connectivity index (χ3v) is 2.20. The van der Waals surface area contributed by atoms with Crippen molar-refractivity contribution in [1.29, 1.82) is 0 Å². The summed E-state index contributed by atoms with van der Waals surface area (Å²) in [6, 6.07) is 3.05. The molecule has 88 valence electrons. The van der Waals surface area contributed by atoms with Gasteiger partial charge in [0.15, 0.2) is 0 Å². The first-order valence-corrected chi connectivity index (χ1v) is 4.84. The van der Waals surface area contributed by atoms with Crippen LogP contribution in [0.25, 0.3) is 0 Å². The molecule has 2 rings (SSSR count). The van der Waals surface area contributed by atoms with E-state index in [1.165, 1.54) is 18.6 Å². The zero-order valence-electron chi connectivity index (χ0n) is 8.98. The summed E-state index contributed by atoms with van der Waals surface area (Å²) < 4.78 is 4.77. The monoisotopic (exact) mass is 234 g/mol. The molecule has 17 heavy (non-hydrogen) atoms. The third-order valence-electron chi connectivity index (χ3n) is 2.20. The number of carbonyl (C=O) groups excluding carboxylic acids is 1. The number of aromatic amines is 1. The Balaban J connectivity index is 2.24. The molecule has 0 spiro atoms. The van der Waals surface area contributed by atoms with Crippen LogP contribution in [0.2, 0.25) is 0 Å². The summed E-state index contributed by atoms with van der Waals surface area (Å²) in [4.78, 5) is 25.2. The number of aryl methyl sites for hydroxylation is 1. The minimum absolute atomic E-state index is 0.0423. The highest BCUT2D eigenvalue weighted by molar-refractivity contribution is 6.07. The molecular weight excluding hydrogens is 224 g/mol. The molecule has 0 unspecified atom stereocenters. The number of hydrogen-bond donors (Lipinski definition) is 3. The summed E-state index contributed by atoms with van der Waals surface area (Å²) in [5.41, 5.74) is 1.19. The molecule has 3 N–H and O–H groups in total. The van der Waals surface area contributed by atoms with Gasteiger partial charge in [0, 0.05) is 5.69 Å². The maximum absolute atomic E-state index is 11.7. The van der Waals surface area contributed by atoms with Crippen molar-refractivity contribution >= 4 is 17.6 Å². The topological polar surface area (TPSA) is 95.3 Å². The van der Waals surface area contributed by atoms with Crippen LogP contribution < -0.4 is 5.32 Å². The highest BCUT2D eigenvalue weighted by atomic mass is 16.4. The predicted octanol–water partition coefficient (Wildman–Crippen LogP) is 1.87. The van der Waals surface area contributed by atoms with Crippen LogP contribution in [0.1, 0.15) is 26.5 Å². The van der Waals surface area contributed by atoms with Crippen molar-refractivity contribution in [2.75, 3.05) is 5.32 Å². The zero-order chi connectivity index (χ0) is 12.4. The van der Waals surface area contributed by atoms with E-state index in [1.54, 1.807) is 13.0 Å². The fourth-order valence-electron chi connectivity index (χ4n) is 1.44. The Bertz CT molecular complexity index is 554. The fourth-order valence-corrected chi connectivity index (χ4v) is 1.44. The van der Waals surface area contributed by atoms with Crippen LogP contribution in [-0.2, 0) is 0 Å². The molecule has 0 aliphatic carbocycles. The first-order chi connectivity index (χ1) is 8.08. The van der Waals surface area contributed by atoms with Crippen molar-refractivity contribution in [3.8, 4) is 0 Å². The number of nitrogens with one attached hydrogen (secondary N) is 2. The van der Waals surface area contributed by atoms with Gasteiger partial charge in [0.2, 0.25) is 0 Å². The Morgan fingerprint density at radius 1 is 1.47 bits per heavy atom. The number of carboxylic acid groups (broad SMARTS) is 1. The van der Waals surface area contributed by atoms with Crippen LogP contribution in [-0.4, -0.2) is 22.0 Å². The first-order valence-electron chi connectivity index (χ1n) is 4.84. The maximum Gasteiger partial charge on any atom is 0.354 e. The molecule has 0 saturated carbocycles. The Morgan fingerprint density at radius 2 is 2.24 bits per heavy atom. The molecule has 2 aromatic rings. The molecule has 0 aliphatic heterocycles. The van der Waals surface area contributed by atoms with Crippen molar-refractivity contribution in [3.63, 3.8) is 0 Å². The van der Waals surface area contributed by atoms with Gasteiger partial charge in [-0.05, 0) is 19.1 Å². The number of hydrogen-bond acceptors (Lipinski definition) is 3. The van der Waals surface area contributed by atoms with Gasteiger partial charge in [-0.2, -0.15) is 0 Å². The van der Waals surface area contributed by atoms with E-state index in [1.807, 2.05) is 0 Å². The van der Waals surface area contributed by atoms with Gasteiger partial charge in [-0.1, -0.05) is 0 Å². The van der Waals surface area contributed by atoms with Crippen LogP contribution in [0.15, 0.2) is 29.1 Å². The van der Waals surface area contributed by atoms with Crippen LogP contribution >= 0.6 is 0 Å². The minimum atomic E-state index is -1.12. The van der Waals surface area contributed by atoms with Gasteiger partial charge < -0.3 is 19.8 Å². The molecule has 1 amide bonds. The van der Waals surface area contributed by atoms with Crippen LogP contribution in [0.3, 0.4) is 0 Å². The number of carboxylic acids is 1. The number of furan rings is 1. The van der Waals surface area contributed by atoms with E-state index in [0.29, 0.717) is 11.3 Å². The number of rotatable bonds is 3. The standard InChI is InChI=1S/C11H10N2O4/c1-6-4-8(9(12-6)11(15)16)13-10(14)7-2-3-17-5-7/h2-5,12H,1H3,(H,13,14)(H,15,16). The second-order valence-electron chi connectivity index (χ2n) is 3.51. The lowest BCUT2D eigenvalue weighted by atomic mass is 10.3. The zero-order valence-corrected chi connectivity index (χ0v) is 8.98. The van der Waals surface area contributed by atoms with E-state index < -0.39 is 11.9 Å². The molecule has 0 aromatic carbocycles. The molecule has 0 saturated heterocycles. The second-order valence-corrected chi connectivity index (χ2v) is 3.51. The summed E-state index contributed by atoms with van der Waals surface area (Å²) in [5, 5.41) is 11.4. The minimum Gasteiger partial charge on any atom is -0.477 e. The number of aromatic nitrogens is 1. The molecule has 2 heterocycles. The lowest BCUT2D eigenvalue weighted by Gasteiger charge is -2.01. The molecule has 0 atom stereocenters. The molecular formula is C11H10N2O4. The van der Waals surface area contributed by atoms with E-state index >= 15 is 0 Å². The number of H-pyrrole nitrogens is 1. The molecule has 0 radical (unpaired) electrons. The number of amides is 1. The fraction of sp³-hybridized carbons (Fsp3) is 0.0909. The molecule has 0 bridgehead atoms. The summed E-state index contributed by atoms with van der Waals surface area (Å²) >= 11 is 0. The van der Waals surface area contributed by atoms with Gasteiger partial charge in [0.25, 0.3) is 5.91 Å². The molecule has 2 aromatic heterocycles. The largest absolute Gasteiger partial charge is 0.477 e. The normalized spacial score (nSPS) is 10.2. The van der Waals surface area contributed by atoms with Crippen molar-refractivity contribution in [2.45, 2.75) is 6.92 Å². The quantitative estimate of drug-likeness (QED) is 0.755. The SMILES string of the molecule is Cc1cc(NC(=O)c2ccoc2)c(C(=O)O)[nH]1. The Kier molecular flexibility index (Phi) is 2.70. The Hall–Kier alpha value is -2.50. The lowest BCUT2D eigenvalue weighted by Crippen LogP contribution is -2.13. The van der Waals surface area contributed by atoms with E-state index in [0.717, 1.165) is 0 Å². The average molecular weight is 234 g/mol. The molecule has 6 nitrogen and oxygen atoms in total. The highest BCUT2D eigenvalue weighted by Crippen LogP contribution is 2.17. The van der Waals surface area contributed by atoms with Crippen molar-refractivity contribution in [1.82, 2.24) is 4.98 Å². The third kappa shape index (κ3) is 2.20. The van der Waals surface area contributed by atoms with Crippen molar-refractivity contribution < 1.29 is 19.1 Å². The molecule has 6 heteroatoms. The van der Waals surface area contributed by atoms with E-state index in [2.05, 4.69) is 10.3 Å². The van der Waals surface area contributed by atoms with Crippen LogP contribution in [0.4, 0.5) is 5.69 Å². The number of carbonyl (C=O) groups is 2. The predicted molar refractivity (Wildman–Crippen MR) is 59.2 cm³/mol. The van der Waals surface area contributed by atoms with Crippen LogP contribution in [0.5, 0.6) is 0 Å². The Morgan fingerprint density at radius 3 is 2.82 bits per heavy atom. The second kappa shape index (κ2) is 4.17. The van der Waals surface area contributed by atoms with Gasteiger partial charge in [0.05, 0.1) is 17.5 Å². The van der Waals surface area contributed by atoms with Crippen LogP contribution in [0, 0.1) is 6.92 Å². The molecule has 0 aliphatic rings. The summed E-state index contributed by atoms with van der Waals surface area (Å²) in [6.07, 6.45) is 2.66. The van der Waals surface area contributed by atoms with Gasteiger partial charge >= 0.3 is 5.97 Å². The highest BCUT2D eigenvalue weighted by Gasteiger charge is 2.16. The average Bonchev–Trinajstić information content (AvgIpc) is 2.86. The number of aromatic carboxylic acids is 1. The smallest absolute Gasteiger partial charge is 0.354 e. The summed E-state index contributed by atoms with van der Waals surface area (Å²) in [7, 11) is 0. The summed E-state index contributed by atoms with van der Waals surface area (Å²) in [6.45, 7) is 1.71. The van der Waals surface area contributed by atoms with Gasteiger partial charge in [-0.25, -0.2) is 4.79 Å². The molecule has 0 fully saturated rings. The first kappa shape index (κ1) is 11.0. The van der Waals surface area contributed by atoms with Gasteiger partial charge in [-0.3, -0.25) is 4.79 Å². The van der Waals surface area contributed by atoms with Crippen molar-refractivity contribution in [2.24, 2.45) is 0 Å². The summed E-state index contributed by atoms with van der Waals surface area (Å²) in [5.74, 6) is -1.54. The van der Waals surface area contributed by atoms with Gasteiger partial charge in [0.1, 0.15) is 12.0 Å². The van der Waals surface area contributed by atoms with E-state index in [-0.39, 0.29) is 11.4 Å². The van der Waals surface area contributed by atoms with Gasteiger partial charge in [-0.15, -0.1) is 0 Å². The van der Waals surface area contributed by atoms with E-state index in [4.69, 9.17) is 9.52 Å². The van der Waals surface area contributed by atoms with E-state index in [9.17, 15) is 9.59 Å². The lowest BCUT2D eigenvalue weighted by molar-refractivity contribution is 0.0692.